The molecule has 0 radical (unpaired) electrons. The summed E-state index contributed by atoms with van der Waals surface area (Å²) in [5.74, 6) is 4.92. The molecule has 0 spiro atoms. The first-order valence-electron chi connectivity index (χ1n) is 45.1. The summed E-state index contributed by atoms with van der Waals surface area (Å²) in [6.45, 7) is 54.6. The number of rotatable bonds is 18. The predicted octanol–water partition coefficient (Wildman–Crippen LogP) is 22.1. The highest BCUT2D eigenvalue weighted by atomic mass is 32.1. The van der Waals surface area contributed by atoms with Crippen molar-refractivity contribution in [2.45, 2.75) is 273 Å². The average molecular weight is 1740 g/mol. The first-order valence-corrected chi connectivity index (χ1v) is 47.6. The summed E-state index contributed by atoms with van der Waals surface area (Å²) in [7, 11) is 0. The second kappa shape index (κ2) is 38.1. The smallest absolute Gasteiger partial charge is 0.138 e. The molecular formula is C102H138N6O6S6. The molecule has 7 aliphatic rings. The number of likely N-dealkylation sites (tertiary alicyclic amines) is 6. The van der Waals surface area contributed by atoms with Gasteiger partial charge in [-0.2, -0.15) is 0 Å². The summed E-state index contributed by atoms with van der Waals surface area (Å²) in [6, 6.07) is 29.1. The molecule has 13 rings (SSSR count). The SMILES string of the molecule is CC(C)(C)c1cc2c(OCC(=S)N3CCCC3)c(c1)Cc1cc(C(C)(C)C)cc(c1OCC(=S)N1CCCC1)Cc1cc(C(C)(C)C)cc(c1OCC(=S)N1CCCC1)Cc1cc(C(C)(C)C)cc(c1OCC(=S)N1CCCC1)Cc1cc(C(C)(C)C)cc(c1OCC(=S)N1CCCC1)Cc1cc(C(C)(C)C)cc(c1OCC(=S)N1CCCC1)C2. The first kappa shape index (κ1) is 91.2. The van der Waals surface area contributed by atoms with Crippen LogP contribution in [0.5, 0.6) is 34.5 Å². The summed E-state index contributed by atoms with van der Waals surface area (Å²) in [4.78, 5) is 19.0. The molecule has 1 aliphatic carbocycles. The lowest BCUT2D eigenvalue weighted by molar-refractivity contribution is 0.342. The van der Waals surface area contributed by atoms with Crippen LogP contribution in [-0.4, -0.2) is 178 Å². The van der Waals surface area contributed by atoms with Gasteiger partial charge in [0.1, 0.15) is 104 Å². The molecular weight excluding hydrogens is 1600 g/mol. The Hall–Kier alpha value is -6.54. The van der Waals surface area contributed by atoms with E-state index in [1.54, 1.807) is 0 Å². The number of ether oxygens (including phenoxy) is 6. The lowest BCUT2D eigenvalue weighted by atomic mass is 9.79. The third kappa shape index (κ3) is 22.6. The van der Waals surface area contributed by atoms with E-state index in [4.69, 9.17) is 102 Å². The van der Waals surface area contributed by atoms with E-state index in [0.717, 1.165) is 287 Å². The van der Waals surface area contributed by atoms with Crippen LogP contribution < -0.4 is 28.4 Å². The number of benzene rings is 6. The molecule has 0 aromatic heterocycles. The number of hydrogen-bond donors (Lipinski definition) is 0. The summed E-state index contributed by atoms with van der Waals surface area (Å²) in [5.41, 5.74) is 18.0. The average Bonchev–Trinajstić information content (AvgIpc) is 1.00. The zero-order valence-corrected chi connectivity index (χ0v) is 80.9. The van der Waals surface area contributed by atoms with Crippen molar-refractivity contribution in [2.24, 2.45) is 0 Å². The van der Waals surface area contributed by atoms with Crippen LogP contribution in [0.4, 0.5) is 0 Å². The van der Waals surface area contributed by atoms with Gasteiger partial charge in [-0.05, 0) is 210 Å². The molecule has 6 aromatic carbocycles. The van der Waals surface area contributed by atoms with Gasteiger partial charge in [0, 0.05) is 117 Å². The quantitative estimate of drug-likeness (QED) is 0.0765. The van der Waals surface area contributed by atoms with Crippen molar-refractivity contribution in [3.05, 3.63) is 173 Å². The van der Waals surface area contributed by atoms with E-state index in [1.165, 1.54) is 33.4 Å². The molecule has 0 N–H and O–H groups in total. The van der Waals surface area contributed by atoms with Crippen molar-refractivity contribution in [2.75, 3.05) is 118 Å². The molecule has 12 nitrogen and oxygen atoms in total. The van der Waals surface area contributed by atoms with Gasteiger partial charge < -0.3 is 57.8 Å². The monoisotopic (exact) mass is 1730 g/mol. The largest absolute Gasteiger partial charge is 0.486 e. The van der Waals surface area contributed by atoms with E-state index in [0.29, 0.717) is 38.5 Å². The molecule has 6 fully saturated rings. The zero-order chi connectivity index (χ0) is 86.0. The molecule has 648 valence electrons. The van der Waals surface area contributed by atoms with Crippen molar-refractivity contribution in [1.29, 1.82) is 0 Å². The van der Waals surface area contributed by atoms with Crippen molar-refractivity contribution in [1.82, 2.24) is 29.4 Å². The minimum Gasteiger partial charge on any atom is -0.486 e. The van der Waals surface area contributed by atoms with E-state index >= 15 is 0 Å². The fourth-order valence-corrected chi connectivity index (χ4v) is 19.6. The standard InChI is InChI=1S/C102H138N6O6S6/c1-97(2,3)79-49-67-43-69-51-80(98(4,5)6)53-71(92(69)110-62-86(116)104-33-21-22-34-104)45-73-55-82(100(10,11)12)57-75(94(73)112-64-88(118)106-37-25-26-38-106)47-77-59-84(102(16,17)18)60-78(96(77)114-66-90(120)108-41-29-30-42-108)48-76-58-83(101(13,14)15)56-74(95(76)113-65-89(119)107-39-27-28-40-107)46-72-54-81(99(7,8)9)52-70(93(72)111-63-87(117)105-35-23-24-36-105)44-68(50-79)91(67)109-61-85(115)103-31-19-20-32-103/h49-60H,19-48,61-66H2,1-18H3. The molecule has 18 heteroatoms. The lowest BCUT2D eigenvalue weighted by Crippen LogP contribution is -2.31. The highest BCUT2D eigenvalue weighted by Crippen LogP contribution is 2.48. The van der Waals surface area contributed by atoms with Gasteiger partial charge in [-0.1, -0.05) is 271 Å². The minimum atomic E-state index is -0.302. The van der Waals surface area contributed by atoms with Crippen LogP contribution in [0, 0.1) is 0 Å². The Morgan fingerprint density at radius 2 is 0.300 bits per heavy atom. The third-order valence-electron chi connectivity index (χ3n) is 25.7. The van der Waals surface area contributed by atoms with Crippen molar-refractivity contribution >= 4 is 103 Å². The van der Waals surface area contributed by atoms with Gasteiger partial charge in [-0.3, -0.25) is 0 Å². The molecule has 6 saturated heterocycles. The van der Waals surface area contributed by atoms with Gasteiger partial charge in [0.25, 0.3) is 0 Å². The highest BCUT2D eigenvalue weighted by molar-refractivity contribution is 7.81. The molecule has 12 bridgehead atoms. The normalized spacial score (nSPS) is 17.1. The third-order valence-corrected chi connectivity index (χ3v) is 28.0. The van der Waals surface area contributed by atoms with Gasteiger partial charge >= 0.3 is 0 Å². The molecule has 0 atom stereocenters. The van der Waals surface area contributed by atoms with E-state index in [-0.39, 0.29) is 72.1 Å². The fraction of sp³-hybridized carbons (Fsp3) is 0.588. The topological polar surface area (TPSA) is 74.8 Å². The lowest BCUT2D eigenvalue weighted by Gasteiger charge is -2.30. The van der Waals surface area contributed by atoms with Gasteiger partial charge in [-0.15, -0.1) is 0 Å². The minimum absolute atomic E-state index is 0.249. The van der Waals surface area contributed by atoms with Crippen LogP contribution in [0.1, 0.15) is 302 Å². The van der Waals surface area contributed by atoms with E-state index in [1.807, 2.05) is 0 Å². The van der Waals surface area contributed by atoms with Crippen LogP contribution in [0.15, 0.2) is 72.8 Å². The Morgan fingerprint density at radius 1 is 0.200 bits per heavy atom. The van der Waals surface area contributed by atoms with Crippen LogP contribution in [0.3, 0.4) is 0 Å². The number of thiocarbonyl (C=S) groups is 6. The Balaban J connectivity index is 1.15. The Labute approximate surface area is 753 Å². The van der Waals surface area contributed by atoms with Gasteiger partial charge in [-0.25, -0.2) is 0 Å². The van der Waals surface area contributed by atoms with Crippen LogP contribution >= 0.6 is 73.3 Å². The van der Waals surface area contributed by atoms with Crippen molar-refractivity contribution in [3.63, 3.8) is 0 Å². The maximum atomic E-state index is 7.67. The van der Waals surface area contributed by atoms with E-state index < -0.39 is 0 Å². The number of hydrogen-bond acceptors (Lipinski definition) is 12. The van der Waals surface area contributed by atoms with Crippen LogP contribution in [0.2, 0.25) is 0 Å². The Kier molecular flexibility index (Phi) is 29.0. The predicted molar refractivity (Wildman–Crippen MR) is 521 cm³/mol. The summed E-state index contributed by atoms with van der Waals surface area (Å²) in [5, 5.41) is 0. The maximum Gasteiger partial charge on any atom is 0.138 e. The van der Waals surface area contributed by atoms with Crippen molar-refractivity contribution < 1.29 is 28.4 Å². The first-order chi connectivity index (χ1) is 56.7. The molecule has 0 unspecified atom stereocenters. The van der Waals surface area contributed by atoms with Gasteiger partial charge in [0.2, 0.25) is 0 Å². The fourth-order valence-electron chi connectivity index (χ4n) is 18.2. The second-order valence-electron chi connectivity index (χ2n) is 41.6. The van der Waals surface area contributed by atoms with Gasteiger partial charge in [0.05, 0.1) is 0 Å². The molecule has 0 amide bonds. The summed E-state index contributed by atoms with van der Waals surface area (Å²) < 4.78 is 46.0. The molecule has 6 heterocycles. The zero-order valence-electron chi connectivity index (χ0n) is 76.0. The van der Waals surface area contributed by atoms with Crippen molar-refractivity contribution in [3.8, 4) is 34.5 Å². The van der Waals surface area contributed by atoms with Gasteiger partial charge in [0.15, 0.2) is 0 Å². The Bertz CT molecular complexity index is 3860. The Morgan fingerprint density at radius 3 is 0.392 bits per heavy atom. The highest BCUT2D eigenvalue weighted by Gasteiger charge is 2.35. The van der Waals surface area contributed by atoms with E-state index in [2.05, 4.69) is 227 Å². The molecule has 120 heavy (non-hydrogen) atoms. The number of nitrogens with zero attached hydrogens (tertiary/aromatic N) is 6. The summed E-state index contributed by atoms with van der Waals surface area (Å²) in [6.07, 6.45) is 16.0. The van der Waals surface area contributed by atoms with E-state index in [9.17, 15) is 0 Å². The molecule has 6 aliphatic heterocycles. The molecule has 0 saturated carbocycles. The maximum absolute atomic E-state index is 7.67. The second-order valence-corrected chi connectivity index (χ2v) is 44.4. The summed E-state index contributed by atoms with van der Waals surface area (Å²) >= 11 is 38.9. The van der Waals surface area contributed by atoms with Crippen LogP contribution in [0.25, 0.3) is 0 Å². The molecule has 6 aromatic rings. The van der Waals surface area contributed by atoms with Crippen LogP contribution in [-0.2, 0) is 71.0 Å². The number of fused-ring (bicyclic) bond motifs is 12.